The van der Waals surface area contributed by atoms with Gasteiger partial charge in [0.25, 0.3) is 0 Å². The third kappa shape index (κ3) is 3.94. The lowest BCUT2D eigenvalue weighted by Crippen LogP contribution is -2.46. The normalized spacial score (nSPS) is 30.7. The molecule has 3 fully saturated rings. The van der Waals surface area contributed by atoms with Crippen LogP contribution in [-0.4, -0.2) is 43.4 Å². The third-order valence-electron chi connectivity index (χ3n) is 4.28. The van der Waals surface area contributed by atoms with E-state index in [2.05, 4.69) is 10.2 Å². The molecule has 17 heavy (non-hydrogen) atoms. The molecule has 3 nitrogen and oxygen atoms in total. The minimum atomic E-state index is 0.726. The Bertz CT molecular complexity index is 238. The van der Waals surface area contributed by atoms with Crippen LogP contribution in [0.2, 0.25) is 0 Å². The summed E-state index contributed by atoms with van der Waals surface area (Å²) in [6.45, 7) is 4.28. The highest BCUT2D eigenvalue weighted by Gasteiger charge is 2.27. The first-order chi connectivity index (χ1) is 8.42. The van der Waals surface area contributed by atoms with Crippen molar-refractivity contribution in [2.75, 3.05) is 26.4 Å². The number of hydrogen-bond acceptors (Lipinski definition) is 3. The zero-order valence-electron chi connectivity index (χ0n) is 10.9. The molecule has 0 amide bonds. The standard InChI is InChI=1S/C14H26N2O/c1-2-8-16(11-17-10-12-4-5-12)14(3-1)9-15-13-6-7-13/h12-15H,1-11H2. The minimum absolute atomic E-state index is 0.726. The van der Waals surface area contributed by atoms with Crippen LogP contribution < -0.4 is 5.32 Å². The maximum atomic E-state index is 5.85. The zero-order valence-corrected chi connectivity index (χ0v) is 10.9. The molecule has 2 saturated carbocycles. The van der Waals surface area contributed by atoms with Crippen molar-refractivity contribution in [3.05, 3.63) is 0 Å². The fourth-order valence-corrected chi connectivity index (χ4v) is 2.67. The van der Waals surface area contributed by atoms with Crippen LogP contribution in [0.4, 0.5) is 0 Å². The molecule has 3 aliphatic rings. The second-order valence-electron chi connectivity index (χ2n) is 6.09. The van der Waals surface area contributed by atoms with Gasteiger partial charge in [-0.3, -0.25) is 4.90 Å². The lowest BCUT2D eigenvalue weighted by molar-refractivity contribution is -0.0131. The number of hydrogen-bond donors (Lipinski definition) is 1. The van der Waals surface area contributed by atoms with Gasteiger partial charge in [-0.2, -0.15) is 0 Å². The second kappa shape index (κ2) is 5.68. The molecule has 0 aromatic carbocycles. The predicted molar refractivity (Wildman–Crippen MR) is 68.9 cm³/mol. The van der Waals surface area contributed by atoms with Crippen LogP contribution in [0.15, 0.2) is 0 Å². The predicted octanol–water partition coefficient (Wildman–Crippen LogP) is 1.98. The van der Waals surface area contributed by atoms with Gasteiger partial charge in [-0.05, 0) is 44.4 Å². The van der Waals surface area contributed by atoms with Gasteiger partial charge in [0.15, 0.2) is 0 Å². The van der Waals surface area contributed by atoms with Gasteiger partial charge in [0.2, 0.25) is 0 Å². The Morgan fingerprint density at radius 1 is 1.06 bits per heavy atom. The van der Waals surface area contributed by atoms with Crippen molar-refractivity contribution in [2.24, 2.45) is 5.92 Å². The second-order valence-corrected chi connectivity index (χ2v) is 6.09. The number of nitrogens with one attached hydrogen (secondary N) is 1. The van der Waals surface area contributed by atoms with E-state index in [1.807, 2.05) is 0 Å². The molecule has 0 radical (unpaired) electrons. The Morgan fingerprint density at radius 2 is 1.94 bits per heavy atom. The molecule has 0 aromatic heterocycles. The van der Waals surface area contributed by atoms with E-state index in [1.54, 1.807) is 0 Å². The van der Waals surface area contributed by atoms with Gasteiger partial charge < -0.3 is 10.1 Å². The molecule has 0 bridgehead atoms. The summed E-state index contributed by atoms with van der Waals surface area (Å²) >= 11 is 0. The van der Waals surface area contributed by atoms with Crippen LogP contribution in [0.5, 0.6) is 0 Å². The average Bonchev–Trinajstić information content (AvgIpc) is 3.23. The van der Waals surface area contributed by atoms with Gasteiger partial charge >= 0.3 is 0 Å². The van der Waals surface area contributed by atoms with Gasteiger partial charge in [-0.1, -0.05) is 6.42 Å². The summed E-state index contributed by atoms with van der Waals surface area (Å²) in [7, 11) is 0. The maximum Gasteiger partial charge on any atom is 0.0993 e. The van der Waals surface area contributed by atoms with Crippen molar-refractivity contribution in [1.82, 2.24) is 10.2 Å². The molecule has 1 atom stereocenters. The molecule has 0 spiro atoms. The smallest absolute Gasteiger partial charge is 0.0993 e. The molecule has 98 valence electrons. The van der Waals surface area contributed by atoms with Crippen molar-refractivity contribution >= 4 is 0 Å². The fourth-order valence-electron chi connectivity index (χ4n) is 2.67. The van der Waals surface area contributed by atoms with E-state index in [0.29, 0.717) is 0 Å². The van der Waals surface area contributed by atoms with Crippen LogP contribution in [0.25, 0.3) is 0 Å². The van der Waals surface area contributed by atoms with Crippen LogP contribution in [-0.2, 0) is 4.74 Å². The van der Waals surface area contributed by atoms with Crippen molar-refractivity contribution < 1.29 is 4.74 Å². The maximum absolute atomic E-state index is 5.85. The van der Waals surface area contributed by atoms with Gasteiger partial charge in [-0.25, -0.2) is 0 Å². The topological polar surface area (TPSA) is 24.5 Å². The number of ether oxygens (including phenoxy) is 1. The highest BCUT2D eigenvalue weighted by Crippen LogP contribution is 2.29. The zero-order chi connectivity index (χ0) is 11.5. The monoisotopic (exact) mass is 238 g/mol. The molecule has 1 saturated heterocycles. The van der Waals surface area contributed by atoms with E-state index in [4.69, 9.17) is 4.74 Å². The average molecular weight is 238 g/mol. The molecule has 1 heterocycles. The van der Waals surface area contributed by atoms with E-state index in [9.17, 15) is 0 Å². The quantitative estimate of drug-likeness (QED) is 0.734. The summed E-state index contributed by atoms with van der Waals surface area (Å²) in [5.41, 5.74) is 0. The highest BCUT2D eigenvalue weighted by atomic mass is 16.5. The summed E-state index contributed by atoms with van der Waals surface area (Å²) in [5, 5.41) is 3.67. The summed E-state index contributed by atoms with van der Waals surface area (Å²) in [6.07, 6.45) is 9.69. The van der Waals surface area contributed by atoms with E-state index >= 15 is 0 Å². The van der Waals surface area contributed by atoms with Gasteiger partial charge in [0.1, 0.15) is 0 Å². The van der Waals surface area contributed by atoms with Gasteiger partial charge in [0.05, 0.1) is 13.3 Å². The SMILES string of the molecule is C1CCN(COCC2CC2)C(CNC2CC2)C1. The molecule has 1 N–H and O–H groups in total. The van der Waals surface area contributed by atoms with Gasteiger partial charge in [0, 0.05) is 25.2 Å². The fraction of sp³-hybridized carbons (Fsp3) is 1.00. The summed E-state index contributed by atoms with van der Waals surface area (Å²) in [4.78, 5) is 2.56. The van der Waals surface area contributed by atoms with Crippen LogP contribution in [0.1, 0.15) is 44.9 Å². The lowest BCUT2D eigenvalue weighted by Gasteiger charge is -2.35. The number of nitrogens with zero attached hydrogens (tertiary/aromatic N) is 1. The Hall–Kier alpha value is -0.120. The van der Waals surface area contributed by atoms with Gasteiger partial charge in [-0.15, -0.1) is 0 Å². The Labute approximate surface area is 105 Å². The molecule has 1 unspecified atom stereocenters. The van der Waals surface area contributed by atoms with Crippen LogP contribution in [0, 0.1) is 5.92 Å². The molecule has 3 rings (SSSR count). The van der Waals surface area contributed by atoms with Crippen molar-refractivity contribution in [2.45, 2.75) is 57.0 Å². The first-order valence-corrected chi connectivity index (χ1v) is 7.47. The van der Waals surface area contributed by atoms with E-state index in [-0.39, 0.29) is 0 Å². The molecular formula is C14H26N2O. The summed E-state index contributed by atoms with van der Waals surface area (Å²) in [5.74, 6) is 0.892. The summed E-state index contributed by atoms with van der Waals surface area (Å²) < 4.78 is 5.85. The highest BCUT2D eigenvalue weighted by molar-refractivity contribution is 4.85. The first kappa shape index (κ1) is 11.9. The molecule has 0 aromatic rings. The summed E-state index contributed by atoms with van der Waals surface area (Å²) in [6, 6.07) is 1.56. The number of piperidine rings is 1. The molecule has 2 aliphatic carbocycles. The van der Waals surface area contributed by atoms with Crippen LogP contribution >= 0.6 is 0 Å². The van der Waals surface area contributed by atoms with E-state index in [1.165, 1.54) is 58.0 Å². The molecular weight excluding hydrogens is 212 g/mol. The van der Waals surface area contributed by atoms with E-state index in [0.717, 1.165) is 31.3 Å². The lowest BCUT2D eigenvalue weighted by atomic mass is 10.0. The van der Waals surface area contributed by atoms with Crippen molar-refractivity contribution in [1.29, 1.82) is 0 Å². The number of rotatable bonds is 7. The van der Waals surface area contributed by atoms with Crippen molar-refractivity contribution in [3.8, 4) is 0 Å². The first-order valence-electron chi connectivity index (χ1n) is 7.47. The van der Waals surface area contributed by atoms with Crippen LogP contribution in [0.3, 0.4) is 0 Å². The number of likely N-dealkylation sites (tertiary alicyclic amines) is 1. The van der Waals surface area contributed by atoms with E-state index < -0.39 is 0 Å². The Morgan fingerprint density at radius 3 is 2.71 bits per heavy atom. The largest absolute Gasteiger partial charge is 0.366 e. The minimum Gasteiger partial charge on any atom is -0.366 e. The molecule has 1 aliphatic heterocycles. The Kier molecular flexibility index (Phi) is 3.99. The molecule has 3 heteroatoms. The van der Waals surface area contributed by atoms with Crippen molar-refractivity contribution in [3.63, 3.8) is 0 Å². The third-order valence-corrected chi connectivity index (χ3v) is 4.28. The Balaban J connectivity index is 1.37.